The summed E-state index contributed by atoms with van der Waals surface area (Å²) in [6.07, 6.45) is 0.697. The number of nitrogens with zero attached hydrogens (tertiary/aromatic N) is 6. The van der Waals surface area contributed by atoms with Crippen molar-refractivity contribution in [1.29, 1.82) is 0 Å². The molecule has 0 saturated carbocycles. The SMILES string of the molecule is Cn1c(Cn2c(=O)c3c(nc(CCN4CCOCC4)n3C)n(C)c2=O)cc2cc(Cl)ccc21. The van der Waals surface area contributed by atoms with Crippen molar-refractivity contribution in [1.82, 2.24) is 28.2 Å². The fraction of sp³-hybridized carbons (Fsp3) is 0.435. The average Bonchev–Trinajstić information content (AvgIpc) is 3.30. The minimum Gasteiger partial charge on any atom is -0.379 e. The molecule has 1 saturated heterocycles. The molecule has 1 aliphatic rings. The van der Waals surface area contributed by atoms with E-state index >= 15 is 0 Å². The second kappa shape index (κ2) is 8.48. The number of morpholine rings is 1. The normalized spacial score (nSPS) is 15.2. The van der Waals surface area contributed by atoms with Gasteiger partial charge >= 0.3 is 5.69 Å². The van der Waals surface area contributed by atoms with Gasteiger partial charge in [0.05, 0.1) is 19.8 Å². The average molecular weight is 471 g/mol. The molecule has 4 aromatic rings. The van der Waals surface area contributed by atoms with Gasteiger partial charge in [0.1, 0.15) is 5.82 Å². The van der Waals surface area contributed by atoms with E-state index in [0.717, 1.165) is 55.3 Å². The summed E-state index contributed by atoms with van der Waals surface area (Å²) in [5.74, 6) is 0.792. The first-order chi connectivity index (χ1) is 15.8. The number of hydrogen-bond acceptors (Lipinski definition) is 5. The largest absolute Gasteiger partial charge is 0.379 e. The lowest BCUT2D eigenvalue weighted by molar-refractivity contribution is 0.0381. The van der Waals surface area contributed by atoms with Crippen molar-refractivity contribution in [2.45, 2.75) is 13.0 Å². The highest BCUT2D eigenvalue weighted by molar-refractivity contribution is 6.31. The highest BCUT2D eigenvalue weighted by Crippen LogP contribution is 2.23. The molecule has 10 heteroatoms. The van der Waals surface area contributed by atoms with Gasteiger partial charge in [-0.25, -0.2) is 9.78 Å². The van der Waals surface area contributed by atoms with Crippen LogP contribution in [0.5, 0.6) is 0 Å². The van der Waals surface area contributed by atoms with Crippen LogP contribution in [0.4, 0.5) is 0 Å². The van der Waals surface area contributed by atoms with E-state index in [1.165, 1.54) is 9.13 Å². The number of fused-ring (bicyclic) bond motifs is 2. The van der Waals surface area contributed by atoms with Crippen molar-refractivity contribution in [2.75, 3.05) is 32.8 Å². The Kier molecular flexibility index (Phi) is 5.64. The van der Waals surface area contributed by atoms with Gasteiger partial charge in [-0.1, -0.05) is 11.6 Å². The zero-order valence-electron chi connectivity index (χ0n) is 19.0. The molecule has 0 aliphatic carbocycles. The summed E-state index contributed by atoms with van der Waals surface area (Å²) in [6.45, 7) is 4.26. The molecule has 0 spiro atoms. The standard InChI is InChI=1S/C23H27ClN6O3/c1-26-17(13-15-12-16(24)4-5-18(15)26)14-30-22(31)20-21(28(3)23(30)32)25-19(27(20)2)6-7-29-8-10-33-11-9-29/h4-5,12-13H,6-11,14H2,1-3H3. The molecule has 33 heavy (non-hydrogen) atoms. The van der Waals surface area contributed by atoms with Crippen LogP contribution in [0.1, 0.15) is 11.5 Å². The van der Waals surface area contributed by atoms with Crippen LogP contribution < -0.4 is 11.2 Å². The van der Waals surface area contributed by atoms with Crippen LogP contribution in [0.2, 0.25) is 5.02 Å². The van der Waals surface area contributed by atoms with E-state index in [0.29, 0.717) is 22.6 Å². The summed E-state index contributed by atoms with van der Waals surface area (Å²) in [5.41, 5.74) is 1.99. The van der Waals surface area contributed by atoms with Crippen LogP contribution in [0, 0.1) is 0 Å². The third-order valence-electron chi connectivity index (χ3n) is 6.63. The van der Waals surface area contributed by atoms with Gasteiger partial charge in [-0.2, -0.15) is 0 Å². The monoisotopic (exact) mass is 470 g/mol. The molecule has 174 valence electrons. The van der Waals surface area contributed by atoms with Crippen molar-refractivity contribution in [3.63, 3.8) is 0 Å². The van der Waals surface area contributed by atoms with Gasteiger partial charge in [0.15, 0.2) is 11.2 Å². The van der Waals surface area contributed by atoms with E-state index in [4.69, 9.17) is 16.3 Å². The van der Waals surface area contributed by atoms with Gasteiger partial charge < -0.3 is 13.9 Å². The van der Waals surface area contributed by atoms with Gasteiger partial charge in [0, 0.05) is 68.8 Å². The first kappa shape index (κ1) is 21.9. The molecular formula is C23H27ClN6O3. The van der Waals surface area contributed by atoms with Crippen molar-refractivity contribution in [3.05, 3.63) is 61.6 Å². The van der Waals surface area contributed by atoms with E-state index in [2.05, 4.69) is 9.88 Å². The molecule has 4 heterocycles. The quantitative estimate of drug-likeness (QED) is 0.441. The number of imidazole rings is 1. The number of halogens is 1. The lowest BCUT2D eigenvalue weighted by atomic mass is 10.2. The Morgan fingerprint density at radius 1 is 1.03 bits per heavy atom. The third-order valence-corrected chi connectivity index (χ3v) is 6.87. The summed E-state index contributed by atoms with van der Waals surface area (Å²) in [7, 11) is 5.44. The molecule has 1 fully saturated rings. The number of aryl methyl sites for hydroxylation is 3. The molecule has 0 radical (unpaired) electrons. The molecule has 0 amide bonds. The Labute approximate surface area is 195 Å². The Morgan fingerprint density at radius 2 is 1.79 bits per heavy atom. The fourth-order valence-corrected chi connectivity index (χ4v) is 4.81. The lowest BCUT2D eigenvalue weighted by Crippen LogP contribution is -2.40. The molecule has 0 atom stereocenters. The Hall–Kier alpha value is -2.88. The second-order valence-corrected chi connectivity index (χ2v) is 9.03. The molecule has 0 bridgehead atoms. The second-order valence-electron chi connectivity index (χ2n) is 8.59. The van der Waals surface area contributed by atoms with Gasteiger partial charge in [-0.3, -0.25) is 18.8 Å². The predicted molar refractivity (Wildman–Crippen MR) is 128 cm³/mol. The number of hydrogen-bond donors (Lipinski definition) is 0. The van der Waals surface area contributed by atoms with E-state index in [-0.39, 0.29) is 17.8 Å². The minimum atomic E-state index is -0.381. The zero-order valence-corrected chi connectivity index (χ0v) is 19.8. The van der Waals surface area contributed by atoms with Crippen molar-refractivity contribution in [2.24, 2.45) is 21.1 Å². The van der Waals surface area contributed by atoms with Gasteiger partial charge in [0.2, 0.25) is 0 Å². The molecule has 3 aromatic heterocycles. The Morgan fingerprint density at radius 3 is 2.55 bits per heavy atom. The zero-order chi connectivity index (χ0) is 23.3. The summed E-state index contributed by atoms with van der Waals surface area (Å²) in [6, 6.07) is 7.62. The molecule has 9 nitrogen and oxygen atoms in total. The van der Waals surface area contributed by atoms with Crippen LogP contribution in [-0.2, 0) is 38.8 Å². The van der Waals surface area contributed by atoms with Crippen molar-refractivity contribution >= 4 is 33.7 Å². The first-order valence-electron chi connectivity index (χ1n) is 11.0. The summed E-state index contributed by atoms with van der Waals surface area (Å²) in [5, 5.41) is 1.62. The Balaban J connectivity index is 1.53. The fourth-order valence-electron chi connectivity index (χ4n) is 4.63. The van der Waals surface area contributed by atoms with Crippen LogP contribution in [0.3, 0.4) is 0 Å². The highest BCUT2D eigenvalue weighted by Gasteiger charge is 2.20. The van der Waals surface area contributed by atoms with E-state index < -0.39 is 0 Å². The maximum atomic E-state index is 13.5. The summed E-state index contributed by atoms with van der Waals surface area (Å²) in [4.78, 5) is 33.6. The maximum absolute atomic E-state index is 13.5. The molecule has 1 aromatic carbocycles. The Bertz CT molecular complexity index is 1470. The highest BCUT2D eigenvalue weighted by atomic mass is 35.5. The number of rotatable bonds is 5. The maximum Gasteiger partial charge on any atom is 0.332 e. The van der Waals surface area contributed by atoms with E-state index in [9.17, 15) is 9.59 Å². The van der Waals surface area contributed by atoms with Crippen molar-refractivity contribution in [3.8, 4) is 0 Å². The van der Waals surface area contributed by atoms with Crippen LogP contribution in [0.25, 0.3) is 22.1 Å². The van der Waals surface area contributed by atoms with Crippen LogP contribution in [-0.4, -0.2) is 61.0 Å². The molecule has 5 rings (SSSR count). The van der Waals surface area contributed by atoms with Gasteiger partial charge in [-0.15, -0.1) is 0 Å². The number of ether oxygens (including phenoxy) is 1. The predicted octanol–water partition coefficient (Wildman–Crippen LogP) is 1.50. The number of aromatic nitrogens is 5. The summed E-state index contributed by atoms with van der Waals surface area (Å²) >= 11 is 6.14. The van der Waals surface area contributed by atoms with Gasteiger partial charge in [-0.05, 0) is 24.3 Å². The smallest absolute Gasteiger partial charge is 0.332 e. The molecular weight excluding hydrogens is 444 g/mol. The lowest BCUT2D eigenvalue weighted by Gasteiger charge is -2.26. The van der Waals surface area contributed by atoms with Gasteiger partial charge in [0.25, 0.3) is 5.56 Å². The minimum absolute atomic E-state index is 0.165. The third kappa shape index (κ3) is 3.80. The topological polar surface area (TPSA) is 79.2 Å². The molecule has 0 unspecified atom stereocenters. The molecule has 1 aliphatic heterocycles. The van der Waals surface area contributed by atoms with Crippen LogP contribution in [0.15, 0.2) is 33.9 Å². The summed E-state index contributed by atoms with van der Waals surface area (Å²) < 4.78 is 12.0. The first-order valence-corrected chi connectivity index (χ1v) is 11.4. The molecule has 0 N–H and O–H groups in total. The van der Waals surface area contributed by atoms with E-state index in [1.54, 1.807) is 7.05 Å². The van der Waals surface area contributed by atoms with Crippen LogP contribution >= 0.6 is 11.6 Å². The van der Waals surface area contributed by atoms with E-state index in [1.807, 2.05) is 47.5 Å². The van der Waals surface area contributed by atoms with Crippen molar-refractivity contribution < 1.29 is 4.74 Å². The number of benzene rings is 1.